The van der Waals surface area contributed by atoms with Crippen LogP contribution >= 0.6 is 11.8 Å². The van der Waals surface area contributed by atoms with Crippen molar-refractivity contribution in [2.24, 2.45) is 0 Å². The van der Waals surface area contributed by atoms with E-state index in [0.717, 1.165) is 37.0 Å². The molecular weight excluding hydrogens is 258 g/mol. The first-order valence-corrected chi connectivity index (χ1v) is 7.52. The van der Waals surface area contributed by atoms with Crippen LogP contribution in [0.1, 0.15) is 12.5 Å². The molecule has 0 aliphatic rings. The lowest BCUT2D eigenvalue weighted by Crippen LogP contribution is -2.20. The number of aryl methyl sites for hydroxylation is 1. The molecule has 1 N–H and O–H groups in total. The third kappa shape index (κ3) is 4.65. The Kier molecular flexibility index (Phi) is 5.84. The normalized spacial score (nSPS) is 10.8. The molecule has 1 heterocycles. The van der Waals surface area contributed by atoms with Crippen molar-refractivity contribution in [3.63, 3.8) is 0 Å². The van der Waals surface area contributed by atoms with Crippen molar-refractivity contribution in [2.45, 2.75) is 25.0 Å². The molecule has 19 heavy (non-hydrogen) atoms. The summed E-state index contributed by atoms with van der Waals surface area (Å²) in [4.78, 5) is 0. The van der Waals surface area contributed by atoms with Crippen molar-refractivity contribution < 1.29 is 0 Å². The maximum atomic E-state index is 4.06. The fraction of sp³-hybridized carbons (Fsp3) is 0.462. The summed E-state index contributed by atoms with van der Waals surface area (Å²) in [5.74, 6) is 0.992. The molecule has 0 saturated carbocycles. The van der Waals surface area contributed by atoms with Gasteiger partial charge in [0, 0.05) is 12.3 Å². The number of aromatic nitrogens is 4. The summed E-state index contributed by atoms with van der Waals surface area (Å²) < 4.78 is 1.86. The summed E-state index contributed by atoms with van der Waals surface area (Å²) in [6.07, 6.45) is 1.03. The number of nitrogens with one attached hydrogen (secondary N) is 1. The summed E-state index contributed by atoms with van der Waals surface area (Å²) in [5.41, 5.74) is 1.35. The number of rotatable bonds is 8. The zero-order valence-electron chi connectivity index (χ0n) is 11.1. The van der Waals surface area contributed by atoms with Crippen LogP contribution in [0.25, 0.3) is 0 Å². The van der Waals surface area contributed by atoms with Gasteiger partial charge in [-0.05, 0) is 29.0 Å². The number of thioether (sulfide) groups is 1. The molecule has 6 heteroatoms. The fourth-order valence-corrected chi connectivity index (χ4v) is 2.60. The van der Waals surface area contributed by atoms with Gasteiger partial charge in [-0.2, -0.15) is 0 Å². The lowest BCUT2D eigenvalue weighted by molar-refractivity contribution is 0.517. The average molecular weight is 277 g/mol. The molecule has 2 aromatic rings. The zero-order valence-corrected chi connectivity index (χ0v) is 11.9. The maximum Gasteiger partial charge on any atom is 0.209 e. The van der Waals surface area contributed by atoms with Gasteiger partial charge in [0.05, 0.1) is 6.54 Å². The molecule has 5 nitrogen and oxygen atoms in total. The van der Waals surface area contributed by atoms with Crippen molar-refractivity contribution in [2.75, 3.05) is 18.8 Å². The van der Waals surface area contributed by atoms with E-state index < -0.39 is 0 Å². The van der Waals surface area contributed by atoms with E-state index >= 15 is 0 Å². The summed E-state index contributed by atoms with van der Waals surface area (Å²) in [7, 11) is 0. The van der Waals surface area contributed by atoms with Crippen LogP contribution in [0.15, 0.2) is 35.5 Å². The number of tetrazole rings is 1. The lowest BCUT2D eigenvalue weighted by atomic mass is 10.2. The Labute approximate surface area is 117 Å². The summed E-state index contributed by atoms with van der Waals surface area (Å²) >= 11 is 1.71. The number of hydrogen-bond donors (Lipinski definition) is 1. The summed E-state index contributed by atoms with van der Waals surface area (Å²) in [5, 5.41) is 16.0. The number of likely N-dealkylation sites (N-methyl/N-ethyl adjacent to an activating group) is 1. The molecule has 0 spiro atoms. The van der Waals surface area contributed by atoms with E-state index in [9.17, 15) is 0 Å². The minimum atomic E-state index is 0.814. The van der Waals surface area contributed by atoms with Gasteiger partial charge in [-0.3, -0.25) is 0 Å². The van der Waals surface area contributed by atoms with E-state index in [1.165, 1.54) is 5.56 Å². The minimum absolute atomic E-state index is 0.814. The van der Waals surface area contributed by atoms with Crippen LogP contribution in [-0.2, 0) is 13.0 Å². The van der Waals surface area contributed by atoms with Gasteiger partial charge in [0.15, 0.2) is 0 Å². The monoisotopic (exact) mass is 277 g/mol. The van der Waals surface area contributed by atoms with Crippen molar-refractivity contribution in [1.29, 1.82) is 0 Å². The van der Waals surface area contributed by atoms with Gasteiger partial charge in [-0.1, -0.05) is 49.0 Å². The molecule has 102 valence electrons. The molecule has 2 rings (SSSR count). The number of nitrogens with zero attached hydrogens (tertiary/aromatic N) is 4. The summed E-state index contributed by atoms with van der Waals surface area (Å²) in [6, 6.07) is 10.5. The van der Waals surface area contributed by atoms with Gasteiger partial charge in [0.1, 0.15) is 0 Å². The van der Waals surface area contributed by atoms with Crippen LogP contribution in [0.3, 0.4) is 0 Å². The minimum Gasteiger partial charge on any atom is -0.315 e. The first-order chi connectivity index (χ1) is 9.40. The number of hydrogen-bond acceptors (Lipinski definition) is 5. The van der Waals surface area contributed by atoms with Crippen LogP contribution in [0.4, 0.5) is 0 Å². The molecule has 0 atom stereocenters. The van der Waals surface area contributed by atoms with E-state index in [1.54, 1.807) is 11.8 Å². The van der Waals surface area contributed by atoms with Gasteiger partial charge in [-0.15, -0.1) is 5.10 Å². The van der Waals surface area contributed by atoms with Crippen molar-refractivity contribution in [1.82, 2.24) is 25.5 Å². The van der Waals surface area contributed by atoms with Gasteiger partial charge in [0.2, 0.25) is 5.16 Å². The second-order valence-corrected chi connectivity index (χ2v) is 5.18. The molecule has 0 amide bonds. The van der Waals surface area contributed by atoms with Gasteiger partial charge >= 0.3 is 0 Å². The van der Waals surface area contributed by atoms with Gasteiger partial charge in [0.25, 0.3) is 0 Å². The van der Waals surface area contributed by atoms with Crippen molar-refractivity contribution in [3.8, 4) is 0 Å². The predicted octanol–water partition coefficient (Wildman–Crippen LogP) is 1.62. The standard InChI is InChI=1S/C13H19N5S/c1-2-14-9-10-18-13(15-16-17-18)19-11-8-12-6-4-3-5-7-12/h3-7,14H,2,8-11H2,1H3. The molecule has 1 aromatic carbocycles. The Morgan fingerprint density at radius 1 is 1.26 bits per heavy atom. The molecule has 0 saturated heterocycles. The highest BCUT2D eigenvalue weighted by Crippen LogP contribution is 2.15. The van der Waals surface area contributed by atoms with E-state index in [2.05, 4.69) is 52.0 Å². The Hall–Kier alpha value is -1.40. The molecule has 0 radical (unpaired) electrons. The molecule has 1 aromatic heterocycles. The quantitative estimate of drug-likeness (QED) is 0.587. The zero-order chi connectivity index (χ0) is 13.3. The SMILES string of the molecule is CCNCCn1nnnc1SCCc1ccccc1. The van der Waals surface area contributed by atoms with E-state index in [0.29, 0.717) is 0 Å². The Bertz CT molecular complexity index is 471. The molecular formula is C13H19N5S. The highest BCUT2D eigenvalue weighted by atomic mass is 32.2. The summed E-state index contributed by atoms with van der Waals surface area (Å²) in [6.45, 7) is 4.77. The Morgan fingerprint density at radius 2 is 2.11 bits per heavy atom. The second-order valence-electron chi connectivity index (χ2n) is 4.12. The largest absolute Gasteiger partial charge is 0.315 e. The average Bonchev–Trinajstić information content (AvgIpc) is 2.88. The van der Waals surface area contributed by atoms with Gasteiger partial charge in [-0.25, -0.2) is 4.68 Å². The van der Waals surface area contributed by atoms with Crippen molar-refractivity contribution in [3.05, 3.63) is 35.9 Å². The van der Waals surface area contributed by atoms with Crippen molar-refractivity contribution >= 4 is 11.8 Å². The Morgan fingerprint density at radius 3 is 2.89 bits per heavy atom. The topological polar surface area (TPSA) is 55.6 Å². The molecule has 0 aliphatic heterocycles. The fourth-order valence-electron chi connectivity index (χ4n) is 1.71. The van der Waals surface area contributed by atoms with Crippen LogP contribution < -0.4 is 5.32 Å². The smallest absolute Gasteiger partial charge is 0.209 e. The van der Waals surface area contributed by atoms with E-state index in [1.807, 2.05) is 10.7 Å². The van der Waals surface area contributed by atoms with Crippen LogP contribution in [0.2, 0.25) is 0 Å². The Balaban J connectivity index is 1.78. The van der Waals surface area contributed by atoms with Crippen LogP contribution in [-0.4, -0.2) is 39.0 Å². The molecule has 0 aliphatic carbocycles. The highest BCUT2D eigenvalue weighted by molar-refractivity contribution is 7.99. The second kappa shape index (κ2) is 7.91. The first-order valence-electron chi connectivity index (χ1n) is 6.53. The van der Waals surface area contributed by atoms with Crippen LogP contribution in [0, 0.1) is 0 Å². The number of benzene rings is 1. The lowest BCUT2D eigenvalue weighted by Gasteiger charge is -2.04. The predicted molar refractivity (Wildman–Crippen MR) is 77.2 cm³/mol. The van der Waals surface area contributed by atoms with E-state index in [-0.39, 0.29) is 0 Å². The third-order valence-electron chi connectivity index (χ3n) is 2.71. The van der Waals surface area contributed by atoms with E-state index in [4.69, 9.17) is 0 Å². The third-order valence-corrected chi connectivity index (χ3v) is 3.67. The maximum absolute atomic E-state index is 4.06. The molecule has 0 fully saturated rings. The van der Waals surface area contributed by atoms with Gasteiger partial charge < -0.3 is 5.32 Å². The van der Waals surface area contributed by atoms with Crippen LogP contribution in [0.5, 0.6) is 0 Å². The molecule has 0 unspecified atom stereocenters. The molecule has 0 bridgehead atoms. The first kappa shape index (κ1) is 14.0. The highest BCUT2D eigenvalue weighted by Gasteiger charge is 2.06.